The predicted molar refractivity (Wildman–Crippen MR) is 34.4 cm³/mol. The Morgan fingerprint density at radius 1 is 1.10 bits per heavy atom. The van der Waals surface area contributed by atoms with Gasteiger partial charge in [0.05, 0.1) is 14.2 Å². The number of carbonyl (C=O) groups is 2. The molecule has 0 saturated heterocycles. The van der Waals surface area contributed by atoms with Crippen molar-refractivity contribution in [1.82, 2.24) is 0 Å². The monoisotopic (exact) mass is 139 g/mol. The second-order valence-corrected chi connectivity index (χ2v) is 1.33. The Morgan fingerprint density at radius 2 is 1.40 bits per heavy atom. The molecule has 0 rings (SSSR count). The summed E-state index contributed by atoms with van der Waals surface area (Å²) in [6.07, 6.45) is -0.312. The third-order valence-electron chi connectivity index (χ3n) is 0.744. The van der Waals surface area contributed by atoms with Gasteiger partial charge >= 0.3 is 11.9 Å². The summed E-state index contributed by atoms with van der Waals surface area (Å²) in [5.74, 6) is -1.16. The molecule has 0 fully saturated rings. The molecule has 0 unspecified atom stereocenters. The van der Waals surface area contributed by atoms with Crippen molar-refractivity contribution in [1.29, 1.82) is 0 Å². The summed E-state index contributed by atoms with van der Waals surface area (Å²) in [6, 6.07) is 0. The molecule has 1 radical (unpaired) electrons. The van der Waals surface area contributed by atoms with Gasteiger partial charge in [0.2, 0.25) is 0 Å². The van der Waals surface area contributed by atoms with E-state index in [2.05, 4.69) is 9.47 Å². The van der Waals surface area contributed by atoms with E-state index in [1.54, 1.807) is 0 Å². The quantitative estimate of drug-likeness (QED) is 0.289. The van der Waals surface area contributed by atoms with Crippen molar-refractivity contribution in [2.75, 3.05) is 14.2 Å². The van der Waals surface area contributed by atoms with Gasteiger partial charge in [-0.2, -0.15) is 0 Å². The van der Waals surface area contributed by atoms with Crippen LogP contribution in [0.25, 0.3) is 0 Å². The van der Waals surface area contributed by atoms with Crippen molar-refractivity contribution in [2.45, 2.75) is 6.42 Å². The van der Waals surface area contributed by atoms with E-state index in [0.29, 0.717) is 0 Å². The summed E-state index contributed by atoms with van der Waals surface area (Å²) < 4.78 is 8.37. The number of esters is 2. The molecule has 0 aromatic rings. The Bertz CT molecular complexity index is 109. The maximum Gasteiger partial charge on any atom is 0.316 e. The molecule has 0 aliphatic rings. The average Bonchev–Trinajstić information content (AvgIpc) is 1.87. The molecule has 0 aliphatic heterocycles. The van der Waals surface area contributed by atoms with Gasteiger partial charge in [0.25, 0.3) is 0 Å². The molecule has 0 heterocycles. The molecule has 10 heavy (non-hydrogen) atoms. The van der Waals surface area contributed by atoms with Gasteiger partial charge in [-0.1, -0.05) is 0 Å². The van der Waals surface area contributed by atoms with E-state index in [4.69, 9.17) is 0 Å². The fourth-order valence-electron chi connectivity index (χ4n) is 0.262. The van der Waals surface area contributed by atoms with Gasteiger partial charge in [0.1, 0.15) is 6.42 Å². The molecule has 0 amide bonds. The summed E-state index contributed by atoms with van der Waals surface area (Å²) in [4.78, 5) is 20.5. The fourth-order valence-corrected chi connectivity index (χ4v) is 0.262. The van der Waals surface area contributed by atoms with E-state index in [1.165, 1.54) is 14.2 Å². The van der Waals surface area contributed by atoms with Crippen LogP contribution in [-0.2, 0) is 19.1 Å². The van der Waals surface area contributed by atoms with Crippen LogP contribution < -0.4 is 0 Å². The number of methoxy groups -OCH3 is 2. The fraction of sp³-hybridized carbons (Fsp3) is 0.600. The van der Waals surface area contributed by atoms with Crippen molar-refractivity contribution in [3.63, 3.8) is 0 Å². The van der Waals surface area contributed by atoms with Gasteiger partial charge in [-0.3, -0.25) is 9.59 Å². The van der Waals surface area contributed by atoms with Crippen LogP contribution in [0.2, 0.25) is 0 Å². The topological polar surface area (TPSA) is 52.6 Å². The molecule has 0 aliphatic carbocycles. The summed E-state index contributed by atoms with van der Waals surface area (Å²) in [5, 5.41) is 0. The maximum absolute atomic E-state index is 10.3. The zero-order valence-electron chi connectivity index (χ0n) is 6.34. The summed E-state index contributed by atoms with van der Waals surface area (Å²) in [7, 11) is 2.43. The standard InChI is InChI=1S/C5H8O4.Li/c1-8-4(6)3-5(7)9-2;/h3H2,1-2H3;. The van der Waals surface area contributed by atoms with E-state index >= 15 is 0 Å². The average molecular weight is 139 g/mol. The first-order valence-corrected chi connectivity index (χ1v) is 2.34. The predicted octanol–water partition coefficient (Wildman–Crippen LogP) is -0.658. The van der Waals surface area contributed by atoms with Crippen molar-refractivity contribution >= 4 is 30.8 Å². The van der Waals surface area contributed by atoms with E-state index in [9.17, 15) is 9.59 Å². The second-order valence-electron chi connectivity index (χ2n) is 1.33. The smallest absolute Gasteiger partial charge is 0.316 e. The molecule has 0 aromatic carbocycles. The van der Waals surface area contributed by atoms with Gasteiger partial charge < -0.3 is 9.47 Å². The SMILES string of the molecule is COC(=O)CC(=O)OC.[Li]. The minimum Gasteiger partial charge on any atom is -0.469 e. The largest absolute Gasteiger partial charge is 0.469 e. The molecule has 4 nitrogen and oxygen atoms in total. The number of carbonyl (C=O) groups excluding carboxylic acids is 2. The maximum atomic E-state index is 10.3. The third-order valence-corrected chi connectivity index (χ3v) is 0.744. The molecule has 0 spiro atoms. The Hall–Kier alpha value is -0.463. The Balaban J connectivity index is 0. The number of hydrogen-bond acceptors (Lipinski definition) is 4. The molecular formula is C5H8LiO4. The van der Waals surface area contributed by atoms with Crippen LogP contribution in [0.1, 0.15) is 6.42 Å². The first kappa shape index (κ1) is 12.2. The molecule has 5 heteroatoms. The Labute approximate surface area is 71.0 Å². The zero-order valence-corrected chi connectivity index (χ0v) is 6.34. The van der Waals surface area contributed by atoms with Crippen molar-refractivity contribution < 1.29 is 19.1 Å². The summed E-state index contributed by atoms with van der Waals surface area (Å²) in [5.41, 5.74) is 0. The normalized spacial score (nSPS) is 7.40. The van der Waals surface area contributed by atoms with Gasteiger partial charge in [0, 0.05) is 18.9 Å². The third kappa shape index (κ3) is 5.67. The number of hydrogen-bond donors (Lipinski definition) is 0. The van der Waals surface area contributed by atoms with Gasteiger partial charge in [-0.25, -0.2) is 0 Å². The van der Waals surface area contributed by atoms with Crippen LogP contribution in [0, 0.1) is 0 Å². The van der Waals surface area contributed by atoms with Crippen molar-refractivity contribution in [3.8, 4) is 0 Å². The van der Waals surface area contributed by atoms with Gasteiger partial charge in [-0.05, 0) is 0 Å². The van der Waals surface area contributed by atoms with Crippen LogP contribution in [0.15, 0.2) is 0 Å². The first-order chi connectivity index (χ1) is 4.20. The second kappa shape index (κ2) is 6.65. The van der Waals surface area contributed by atoms with E-state index in [0.717, 1.165) is 0 Å². The zero-order chi connectivity index (χ0) is 7.28. The number of ether oxygens (including phenoxy) is 2. The molecule has 0 bridgehead atoms. The van der Waals surface area contributed by atoms with Crippen LogP contribution in [-0.4, -0.2) is 45.0 Å². The minimum atomic E-state index is -0.582. The molecule has 0 saturated carbocycles. The van der Waals surface area contributed by atoms with Crippen molar-refractivity contribution in [2.24, 2.45) is 0 Å². The van der Waals surface area contributed by atoms with Crippen LogP contribution in [0.4, 0.5) is 0 Å². The molecule has 53 valence electrons. The van der Waals surface area contributed by atoms with Crippen molar-refractivity contribution in [3.05, 3.63) is 0 Å². The van der Waals surface area contributed by atoms with Crippen LogP contribution in [0.5, 0.6) is 0 Å². The molecular weight excluding hydrogens is 131 g/mol. The van der Waals surface area contributed by atoms with Crippen LogP contribution in [0.3, 0.4) is 0 Å². The van der Waals surface area contributed by atoms with E-state index in [1.807, 2.05) is 0 Å². The minimum absolute atomic E-state index is 0. The Morgan fingerprint density at radius 3 is 1.60 bits per heavy atom. The molecule has 0 N–H and O–H groups in total. The first-order valence-electron chi connectivity index (χ1n) is 2.34. The van der Waals surface area contributed by atoms with Gasteiger partial charge in [0.15, 0.2) is 0 Å². The van der Waals surface area contributed by atoms with Gasteiger partial charge in [-0.15, -0.1) is 0 Å². The summed E-state index contributed by atoms with van der Waals surface area (Å²) >= 11 is 0. The van der Waals surface area contributed by atoms with Crippen LogP contribution >= 0.6 is 0 Å². The Kier molecular flexibility index (Phi) is 8.14. The molecule has 0 aromatic heterocycles. The van der Waals surface area contributed by atoms with E-state index in [-0.39, 0.29) is 25.3 Å². The van der Waals surface area contributed by atoms with E-state index < -0.39 is 11.9 Å². The molecule has 0 atom stereocenters. The number of rotatable bonds is 2. The summed E-state index contributed by atoms with van der Waals surface area (Å²) in [6.45, 7) is 0.